The molecule has 308 valence electrons. The predicted molar refractivity (Wildman–Crippen MR) is 238 cm³/mol. The van der Waals surface area contributed by atoms with Gasteiger partial charge in [0.1, 0.15) is 0 Å². The molecule has 0 rings (SSSR count). The zero-order valence-corrected chi connectivity index (χ0v) is 36.9. The molecule has 0 radical (unpaired) electrons. The molecule has 0 aromatic heterocycles. The Bertz CT molecular complexity index is 571. The summed E-state index contributed by atoms with van der Waals surface area (Å²) in [5.74, 6) is 0. The van der Waals surface area contributed by atoms with E-state index in [0.717, 1.165) is 0 Å². The van der Waals surface area contributed by atoms with Crippen molar-refractivity contribution in [1.29, 1.82) is 0 Å². The van der Waals surface area contributed by atoms with E-state index in [1.807, 2.05) is 0 Å². The Morgan fingerprint density at radius 1 is 0.196 bits per heavy atom. The second-order valence-corrected chi connectivity index (χ2v) is 18.0. The number of unbranched alkanes of at least 4 members (excludes halogenated alkanes) is 43. The van der Waals surface area contributed by atoms with Crippen LogP contribution in [-0.4, -0.2) is 5.38 Å². The highest BCUT2D eigenvalue weighted by atomic mass is 35.5. The summed E-state index contributed by atoms with van der Waals surface area (Å²) in [6.07, 6.45) is 68.5. The summed E-state index contributed by atoms with van der Waals surface area (Å²) < 4.78 is 0. The minimum Gasteiger partial charge on any atom is -0.123 e. The summed E-state index contributed by atoms with van der Waals surface area (Å²) in [5.41, 5.74) is 0. The van der Waals surface area contributed by atoms with Gasteiger partial charge in [-0.05, 0) is 12.8 Å². The SMILES string of the molecule is CCCCCCCCCCCCCCCCCCCCCCCCCCCCCCCCCCCCCCCCCCCCC(Cl)CCCCC. The molecule has 0 amide bonds. The van der Waals surface area contributed by atoms with Crippen molar-refractivity contribution in [2.45, 2.75) is 321 Å². The van der Waals surface area contributed by atoms with Crippen LogP contribution in [-0.2, 0) is 0 Å². The molecule has 0 aromatic carbocycles. The van der Waals surface area contributed by atoms with E-state index in [4.69, 9.17) is 11.6 Å². The van der Waals surface area contributed by atoms with Crippen molar-refractivity contribution in [2.75, 3.05) is 0 Å². The lowest BCUT2D eigenvalue weighted by atomic mass is 10.0. The third-order valence-electron chi connectivity index (χ3n) is 12.0. The van der Waals surface area contributed by atoms with Crippen LogP contribution in [0.25, 0.3) is 0 Å². The molecule has 1 atom stereocenters. The molecular formula is C50H101Cl. The molecule has 0 spiro atoms. The maximum Gasteiger partial charge on any atom is 0.0336 e. The van der Waals surface area contributed by atoms with Crippen LogP contribution < -0.4 is 0 Å². The zero-order valence-electron chi connectivity index (χ0n) is 36.2. The molecule has 0 aromatic rings. The van der Waals surface area contributed by atoms with Crippen LogP contribution in [0.4, 0.5) is 0 Å². The van der Waals surface area contributed by atoms with Crippen LogP contribution in [0.15, 0.2) is 0 Å². The van der Waals surface area contributed by atoms with E-state index in [1.165, 1.54) is 302 Å². The minimum atomic E-state index is 0.439. The van der Waals surface area contributed by atoms with Gasteiger partial charge in [-0.15, -0.1) is 11.6 Å². The average molecular weight is 738 g/mol. The van der Waals surface area contributed by atoms with Gasteiger partial charge in [-0.1, -0.05) is 303 Å². The first-order chi connectivity index (χ1) is 25.3. The van der Waals surface area contributed by atoms with Gasteiger partial charge in [0.15, 0.2) is 0 Å². The van der Waals surface area contributed by atoms with E-state index in [-0.39, 0.29) is 0 Å². The molecule has 1 unspecified atom stereocenters. The molecule has 0 nitrogen and oxygen atoms in total. The lowest BCUT2D eigenvalue weighted by Crippen LogP contribution is -1.98. The van der Waals surface area contributed by atoms with Gasteiger partial charge in [-0.2, -0.15) is 0 Å². The monoisotopic (exact) mass is 737 g/mol. The summed E-state index contributed by atoms with van der Waals surface area (Å²) >= 11 is 6.45. The Labute approximate surface area is 331 Å². The van der Waals surface area contributed by atoms with E-state index < -0.39 is 0 Å². The number of halogens is 1. The van der Waals surface area contributed by atoms with Crippen molar-refractivity contribution in [3.05, 3.63) is 0 Å². The number of hydrogen-bond donors (Lipinski definition) is 0. The number of alkyl halides is 1. The fourth-order valence-corrected chi connectivity index (χ4v) is 8.58. The fraction of sp³-hybridized carbons (Fsp3) is 1.00. The molecule has 0 saturated carbocycles. The standard InChI is InChI=1S/C50H101Cl/c1-3-5-7-8-9-10-11-12-13-14-15-16-17-18-19-20-21-22-23-24-25-26-27-28-29-30-31-32-33-34-35-36-37-38-39-40-41-42-43-44-45-47-49-50(51)48-46-6-4-2/h50H,3-49H2,1-2H3. The van der Waals surface area contributed by atoms with E-state index in [2.05, 4.69) is 13.8 Å². The van der Waals surface area contributed by atoms with Crippen LogP contribution in [0.5, 0.6) is 0 Å². The Morgan fingerprint density at radius 3 is 0.490 bits per heavy atom. The summed E-state index contributed by atoms with van der Waals surface area (Å²) in [5, 5.41) is 0.439. The second kappa shape index (κ2) is 48.3. The van der Waals surface area contributed by atoms with Crippen molar-refractivity contribution in [2.24, 2.45) is 0 Å². The van der Waals surface area contributed by atoms with Gasteiger partial charge >= 0.3 is 0 Å². The molecule has 0 heterocycles. The van der Waals surface area contributed by atoms with Gasteiger partial charge in [-0.25, -0.2) is 0 Å². The van der Waals surface area contributed by atoms with Gasteiger partial charge in [0.05, 0.1) is 0 Å². The normalized spacial score (nSPS) is 12.3. The van der Waals surface area contributed by atoms with Gasteiger partial charge in [0, 0.05) is 5.38 Å². The molecule has 0 fully saturated rings. The zero-order chi connectivity index (χ0) is 36.8. The highest BCUT2D eigenvalue weighted by Crippen LogP contribution is 2.20. The van der Waals surface area contributed by atoms with E-state index >= 15 is 0 Å². The van der Waals surface area contributed by atoms with Crippen LogP contribution in [0.3, 0.4) is 0 Å². The van der Waals surface area contributed by atoms with E-state index in [9.17, 15) is 0 Å². The molecule has 0 N–H and O–H groups in total. The minimum absolute atomic E-state index is 0.439. The molecule has 0 aliphatic heterocycles. The third kappa shape index (κ3) is 48.3. The lowest BCUT2D eigenvalue weighted by molar-refractivity contribution is 0.508. The number of rotatable bonds is 47. The van der Waals surface area contributed by atoms with Crippen LogP contribution in [0.2, 0.25) is 0 Å². The summed E-state index contributed by atoms with van der Waals surface area (Å²) in [6.45, 7) is 4.59. The van der Waals surface area contributed by atoms with Crippen molar-refractivity contribution in [3.63, 3.8) is 0 Å². The summed E-state index contributed by atoms with van der Waals surface area (Å²) in [7, 11) is 0. The molecule has 1 heteroatoms. The summed E-state index contributed by atoms with van der Waals surface area (Å²) in [6, 6.07) is 0. The lowest BCUT2D eigenvalue weighted by Gasteiger charge is -2.08. The first kappa shape index (κ1) is 51.3. The first-order valence-corrected chi connectivity index (χ1v) is 25.4. The van der Waals surface area contributed by atoms with Crippen molar-refractivity contribution >= 4 is 11.6 Å². The molecule has 0 aliphatic carbocycles. The molecule has 0 saturated heterocycles. The summed E-state index contributed by atoms with van der Waals surface area (Å²) in [4.78, 5) is 0. The Balaban J connectivity index is 3.07. The van der Waals surface area contributed by atoms with Crippen molar-refractivity contribution in [3.8, 4) is 0 Å². The average Bonchev–Trinajstić information content (AvgIpc) is 3.13. The Morgan fingerprint density at radius 2 is 0.314 bits per heavy atom. The highest BCUT2D eigenvalue weighted by molar-refractivity contribution is 6.20. The van der Waals surface area contributed by atoms with Crippen LogP contribution in [0, 0.1) is 0 Å². The fourth-order valence-electron chi connectivity index (χ4n) is 8.27. The first-order valence-electron chi connectivity index (χ1n) is 24.9. The van der Waals surface area contributed by atoms with E-state index in [1.54, 1.807) is 0 Å². The van der Waals surface area contributed by atoms with Gasteiger partial charge in [0.25, 0.3) is 0 Å². The predicted octanol–water partition coefficient (Wildman–Crippen LogP) is 20.0. The van der Waals surface area contributed by atoms with Crippen molar-refractivity contribution in [1.82, 2.24) is 0 Å². The van der Waals surface area contributed by atoms with Crippen LogP contribution in [0.1, 0.15) is 316 Å². The van der Waals surface area contributed by atoms with Gasteiger partial charge < -0.3 is 0 Å². The second-order valence-electron chi connectivity index (χ2n) is 17.4. The molecule has 51 heavy (non-hydrogen) atoms. The maximum absolute atomic E-state index is 6.45. The molecule has 0 bridgehead atoms. The Hall–Kier alpha value is 0.290. The molecular weight excluding hydrogens is 636 g/mol. The Kier molecular flexibility index (Phi) is 48.6. The quantitative estimate of drug-likeness (QED) is 0.0431. The maximum atomic E-state index is 6.45. The van der Waals surface area contributed by atoms with E-state index in [0.29, 0.717) is 5.38 Å². The largest absolute Gasteiger partial charge is 0.123 e. The van der Waals surface area contributed by atoms with Gasteiger partial charge in [-0.3, -0.25) is 0 Å². The third-order valence-corrected chi connectivity index (χ3v) is 12.4. The topological polar surface area (TPSA) is 0 Å². The highest BCUT2D eigenvalue weighted by Gasteiger charge is 2.04. The number of hydrogen-bond acceptors (Lipinski definition) is 0. The van der Waals surface area contributed by atoms with Crippen LogP contribution >= 0.6 is 11.6 Å². The van der Waals surface area contributed by atoms with Gasteiger partial charge in [0.2, 0.25) is 0 Å². The molecule has 0 aliphatic rings. The smallest absolute Gasteiger partial charge is 0.0336 e. The van der Waals surface area contributed by atoms with Crippen molar-refractivity contribution < 1.29 is 0 Å².